The van der Waals surface area contributed by atoms with Gasteiger partial charge in [0.1, 0.15) is 0 Å². The van der Waals surface area contributed by atoms with Crippen LogP contribution in [0, 0.1) is 0 Å². The summed E-state index contributed by atoms with van der Waals surface area (Å²) in [6, 6.07) is 11.7. The summed E-state index contributed by atoms with van der Waals surface area (Å²) < 4.78 is 0. The van der Waals surface area contributed by atoms with Crippen LogP contribution in [-0.2, 0) is 6.54 Å². The number of carbonyl (C=O) groups is 1. The second-order valence-electron chi connectivity index (χ2n) is 7.31. The third-order valence-corrected chi connectivity index (χ3v) is 5.53. The van der Waals surface area contributed by atoms with Gasteiger partial charge in [0.05, 0.1) is 0 Å². The van der Waals surface area contributed by atoms with Crippen LogP contribution in [0.25, 0.3) is 0 Å². The number of unbranched alkanes of at least 4 members (excludes halogenated alkanes) is 1. The number of hydrogen-bond donors (Lipinski definition) is 2. The molecule has 0 saturated carbocycles. The van der Waals surface area contributed by atoms with Crippen LogP contribution in [0.15, 0.2) is 30.3 Å². The molecule has 132 valence electrons. The molecule has 1 aromatic carbocycles. The Morgan fingerprint density at radius 1 is 1.17 bits per heavy atom. The number of urea groups is 1. The second-order valence-corrected chi connectivity index (χ2v) is 7.31. The molecule has 0 spiro atoms. The Hall–Kier alpha value is -1.55. The number of benzene rings is 1. The van der Waals surface area contributed by atoms with Crippen molar-refractivity contribution in [2.45, 2.75) is 76.5 Å². The topological polar surface area (TPSA) is 44.4 Å². The van der Waals surface area contributed by atoms with E-state index < -0.39 is 0 Å². The molecule has 2 atom stereocenters. The summed E-state index contributed by atoms with van der Waals surface area (Å²) in [6.45, 7) is 4.09. The summed E-state index contributed by atoms with van der Waals surface area (Å²) in [4.78, 5) is 15.0. The zero-order valence-corrected chi connectivity index (χ0v) is 14.8. The predicted octanol–water partition coefficient (Wildman–Crippen LogP) is 3.67. The van der Waals surface area contributed by atoms with Crippen LogP contribution < -0.4 is 10.6 Å². The number of hydrogen-bond acceptors (Lipinski definition) is 2. The first-order valence-electron chi connectivity index (χ1n) is 9.60. The first kappa shape index (κ1) is 17.3. The molecule has 2 amide bonds. The molecule has 2 unspecified atom stereocenters. The summed E-state index contributed by atoms with van der Waals surface area (Å²) in [5.74, 6) is 0. The summed E-state index contributed by atoms with van der Waals surface area (Å²) in [5, 5.41) is 6.21. The summed E-state index contributed by atoms with van der Waals surface area (Å²) in [5.41, 5.74) is 1.14. The zero-order valence-electron chi connectivity index (χ0n) is 14.8. The van der Waals surface area contributed by atoms with Gasteiger partial charge in [-0.3, -0.25) is 4.90 Å². The van der Waals surface area contributed by atoms with Gasteiger partial charge < -0.3 is 10.6 Å². The quantitative estimate of drug-likeness (QED) is 0.836. The van der Waals surface area contributed by atoms with E-state index in [0.29, 0.717) is 24.7 Å². The fraction of sp³-hybridized carbons (Fsp3) is 0.650. The molecule has 2 N–H and O–H groups in total. The fourth-order valence-electron chi connectivity index (χ4n) is 4.32. The average molecular weight is 329 g/mol. The molecule has 2 aliphatic rings. The Bertz CT molecular complexity index is 505. The van der Waals surface area contributed by atoms with Gasteiger partial charge in [0, 0.05) is 24.7 Å². The van der Waals surface area contributed by atoms with Crippen LogP contribution in [0.3, 0.4) is 0 Å². The van der Waals surface area contributed by atoms with Gasteiger partial charge in [0.2, 0.25) is 0 Å². The third-order valence-electron chi connectivity index (χ3n) is 5.53. The van der Waals surface area contributed by atoms with Crippen molar-refractivity contribution in [2.75, 3.05) is 6.54 Å². The van der Waals surface area contributed by atoms with E-state index in [9.17, 15) is 4.79 Å². The highest BCUT2D eigenvalue weighted by Gasteiger charge is 2.38. The maximum Gasteiger partial charge on any atom is 0.315 e. The Balaban J connectivity index is 1.47. The first-order chi connectivity index (χ1) is 11.8. The van der Waals surface area contributed by atoms with E-state index in [1.54, 1.807) is 0 Å². The molecular formula is C20H31N3O. The van der Waals surface area contributed by atoms with E-state index >= 15 is 0 Å². The lowest BCUT2D eigenvalue weighted by atomic mass is 9.81. The van der Waals surface area contributed by atoms with Crippen molar-refractivity contribution >= 4 is 6.03 Å². The molecule has 2 aliphatic heterocycles. The number of piperidine rings is 2. The standard InChI is InChI=1S/C20H31N3O/c1-2-3-12-23-18-10-7-11-19(23)14-17(13-18)22-20(24)21-15-16-8-5-4-6-9-16/h4-6,8-9,17-19H,2-3,7,10-15H2,1H3,(H2,21,22,24). The molecule has 3 rings (SSSR count). The smallest absolute Gasteiger partial charge is 0.315 e. The molecular weight excluding hydrogens is 298 g/mol. The lowest BCUT2D eigenvalue weighted by molar-refractivity contribution is 0.0257. The number of rotatable bonds is 6. The Labute approximate surface area is 146 Å². The molecule has 0 aliphatic carbocycles. The monoisotopic (exact) mass is 329 g/mol. The van der Waals surface area contributed by atoms with Gasteiger partial charge >= 0.3 is 6.03 Å². The number of amides is 2. The lowest BCUT2D eigenvalue weighted by Gasteiger charge is -2.49. The number of nitrogens with zero attached hydrogens (tertiary/aromatic N) is 1. The van der Waals surface area contributed by atoms with Gasteiger partial charge in [-0.2, -0.15) is 0 Å². The molecule has 1 aromatic rings. The minimum absolute atomic E-state index is 0.0241. The lowest BCUT2D eigenvalue weighted by Crippen LogP contribution is -2.57. The number of nitrogens with one attached hydrogen (secondary N) is 2. The van der Waals surface area contributed by atoms with E-state index in [-0.39, 0.29) is 6.03 Å². The molecule has 24 heavy (non-hydrogen) atoms. The van der Waals surface area contributed by atoms with Crippen LogP contribution in [0.4, 0.5) is 4.79 Å². The minimum atomic E-state index is -0.0241. The molecule has 4 nitrogen and oxygen atoms in total. The fourth-order valence-corrected chi connectivity index (χ4v) is 4.32. The number of fused-ring (bicyclic) bond motifs is 2. The highest BCUT2D eigenvalue weighted by atomic mass is 16.2. The van der Waals surface area contributed by atoms with Crippen molar-refractivity contribution in [3.63, 3.8) is 0 Å². The van der Waals surface area contributed by atoms with Crippen molar-refractivity contribution in [3.05, 3.63) is 35.9 Å². The van der Waals surface area contributed by atoms with Gasteiger partial charge in [0.25, 0.3) is 0 Å². The zero-order chi connectivity index (χ0) is 16.8. The largest absolute Gasteiger partial charge is 0.335 e. The molecule has 2 heterocycles. The van der Waals surface area contributed by atoms with Gasteiger partial charge in [-0.05, 0) is 44.2 Å². The van der Waals surface area contributed by atoms with Gasteiger partial charge in [-0.1, -0.05) is 50.1 Å². The average Bonchev–Trinajstić information content (AvgIpc) is 2.59. The van der Waals surface area contributed by atoms with Crippen molar-refractivity contribution in [1.82, 2.24) is 15.5 Å². The van der Waals surface area contributed by atoms with Gasteiger partial charge in [0.15, 0.2) is 0 Å². The van der Waals surface area contributed by atoms with Crippen LogP contribution in [0.1, 0.15) is 57.4 Å². The molecule has 4 heteroatoms. The normalized spacial score (nSPS) is 26.8. The summed E-state index contributed by atoms with van der Waals surface area (Å²) in [6.07, 6.45) is 8.72. The Kier molecular flexibility index (Phi) is 6.13. The summed E-state index contributed by atoms with van der Waals surface area (Å²) >= 11 is 0. The highest BCUT2D eigenvalue weighted by Crippen LogP contribution is 2.34. The SMILES string of the molecule is CCCCN1C2CCCC1CC(NC(=O)NCc1ccccc1)C2. The van der Waals surface area contributed by atoms with Crippen molar-refractivity contribution in [2.24, 2.45) is 0 Å². The van der Waals surface area contributed by atoms with Crippen LogP contribution in [0.5, 0.6) is 0 Å². The van der Waals surface area contributed by atoms with E-state index in [2.05, 4.69) is 22.5 Å². The minimum Gasteiger partial charge on any atom is -0.335 e. The maximum atomic E-state index is 12.2. The first-order valence-corrected chi connectivity index (χ1v) is 9.60. The van der Waals surface area contributed by atoms with Crippen molar-refractivity contribution in [1.29, 1.82) is 0 Å². The maximum absolute atomic E-state index is 12.2. The van der Waals surface area contributed by atoms with Gasteiger partial charge in [-0.15, -0.1) is 0 Å². The van der Waals surface area contributed by atoms with E-state index in [0.717, 1.165) is 18.4 Å². The number of carbonyl (C=O) groups excluding carboxylic acids is 1. The molecule has 2 saturated heterocycles. The Morgan fingerprint density at radius 3 is 2.54 bits per heavy atom. The van der Waals surface area contributed by atoms with Crippen LogP contribution in [-0.4, -0.2) is 35.6 Å². The summed E-state index contributed by atoms with van der Waals surface area (Å²) in [7, 11) is 0. The van der Waals surface area contributed by atoms with E-state index in [1.807, 2.05) is 30.3 Å². The van der Waals surface area contributed by atoms with Crippen molar-refractivity contribution < 1.29 is 4.79 Å². The van der Waals surface area contributed by atoms with E-state index in [1.165, 1.54) is 38.6 Å². The molecule has 0 radical (unpaired) electrons. The molecule has 2 bridgehead atoms. The Morgan fingerprint density at radius 2 is 1.88 bits per heavy atom. The molecule has 2 fully saturated rings. The highest BCUT2D eigenvalue weighted by molar-refractivity contribution is 5.74. The second kappa shape index (κ2) is 8.52. The third kappa shape index (κ3) is 4.50. The van der Waals surface area contributed by atoms with E-state index in [4.69, 9.17) is 0 Å². The van der Waals surface area contributed by atoms with Gasteiger partial charge in [-0.25, -0.2) is 4.79 Å². The molecule has 0 aromatic heterocycles. The predicted molar refractivity (Wildman–Crippen MR) is 97.9 cm³/mol. The van der Waals surface area contributed by atoms with Crippen LogP contribution in [0.2, 0.25) is 0 Å². The van der Waals surface area contributed by atoms with Crippen LogP contribution >= 0.6 is 0 Å². The van der Waals surface area contributed by atoms with Crippen molar-refractivity contribution in [3.8, 4) is 0 Å².